The summed E-state index contributed by atoms with van der Waals surface area (Å²) in [6, 6.07) is 13.8. The van der Waals surface area contributed by atoms with Gasteiger partial charge in [0.2, 0.25) is 0 Å². The molecule has 0 saturated carbocycles. The zero-order valence-electron chi connectivity index (χ0n) is 20.6. The van der Waals surface area contributed by atoms with Gasteiger partial charge in [-0.3, -0.25) is 4.90 Å². The average Bonchev–Trinajstić information content (AvgIpc) is 3.54. The predicted octanol–water partition coefficient (Wildman–Crippen LogP) is 5.54. The van der Waals surface area contributed by atoms with Crippen LogP contribution >= 0.6 is 0 Å². The van der Waals surface area contributed by atoms with E-state index in [1.807, 2.05) is 12.4 Å². The molecule has 0 atom stereocenters. The summed E-state index contributed by atoms with van der Waals surface area (Å²) in [5, 5.41) is 2.62. The van der Waals surface area contributed by atoms with Crippen molar-refractivity contribution in [1.82, 2.24) is 29.7 Å². The molecule has 0 fully saturated rings. The molecule has 2 N–H and O–H groups in total. The molecule has 0 saturated heterocycles. The fourth-order valence-corrected chi connectivity index (χ4v) is 4.69. The van der Waals surface area contributed by atoms with Crippen LogP contribution in [0.2, 0.25) is 0 Å². The first kappa shape index (κ1) is 24.2. The summed E-state index contributed by atoms with van der Waals surface area (Å²) in [4.78, 5) is 20.2. The summed E-state index contributed by atoms with van der Waals surface area (Å²) >= 11 is 0. The molecule has 34 heavy (non-hydrogen) atoms. The Hall–Kier alpha value is -2.96. The lowest BCUT2D eigenvalue weighted by molar-refractivity contribution is 0.236. The van der Waals surface area contributed by atoms with Crippen molar-refractivity contribution in [2.45, 2.75) is 59.2 Å². The first-order valence-corrected chi connectivity index (χ1v) is 12.7. The number of rotatable bonds is 14. The van der Waals surface area contributed by atoms with E-state index in [0.29, 0.717) is 0 Å². The van der Waals surface area contributed by atoms with Crippen molar-refractivity contribution < 1.29 is 0 Å². The second-order valence-corrected chi connectivity index (χ2v) is 9.18. The minimum atomic E-state index is 0.748. The van der Waals surface area contributed by atoms with Crippen molar-refractivity contribution in [3.8, 4) is 0 Å². The van der Waals surface area contributed by atoms with Gasteiger partial charge in [0.1, 0.15) is 11.6 Å². The van der Waals surface area contributed by atoms with Crippen LogP contribution in [-0.2, 0) is 26.1 Å². The summed E-state index contributed by atoms with van der Waals surface area (Å²) in [6.45, 7) is 10.5. The molecule has 0 aliphatic rings. The highest BCUT2D eigenvalue weighted by molar-refractivity contribution is 5.83. The molecule has 2 aromatic heterocycles. The number of aromatic amines is 2. The Morgan fingerprint density at radius 1 is 0.676 bits per heavy atom. The molecular weight excluding hydrogens is 420 g/mol. The Kier molecular flexibility index (Phi) is 8.88. The van der Waals surface area contributed by atoms with E-state index in [2.05, 4.69) is 80.0 Å². The summed E-state index contributed by atoms with van der Waals surface area (Å²) in [7, 11) is 0. The molecule has 0 radical (unpaired) electrons. The van der Waals surface area contributed by atoms with Crippen molar-refractivity contribution in [3.05, 3.63) is 84.0 Å². The third-order valence-corrected chi connectivity index (χ3v) is 6.25. The molecule has 180 valence electrons. The van der Waals surface area contributed by atoms with Crippen LogP contribution in [0.25, 0.3) is 10.8 Å². The molecule has 0 amide bonds. The van der Waals surface area contributed by atoms with Gasteiger partial charge in [-0.1, -0.05) is 44.2 Å². The predicted molar refractivity (Wildman–Crippen MR) is 139 cm³/mol. The highest BCUT2D eigenvalue weighted by atomic mass is 15.2. The third kappa shape index (κ3) is 7.02. The van der Waals surface area contributed by atoms with Crippen molar-refractivity contribution in [3.63, 3.8) is 0 Å². The third-order valence-electron chi connectivity index (χ3n) is 6.25. The van der Waals surface area contributed by atoms with E-state index >= 15 is 0 Å². The number of aromatic nitrogens is 4. The fraction of sp³-hybridized carbons (Fsp3) is 0.429. The molecule has 2 aromatic carbocycles. The molecule has 4 aromatic rings. The van der Waals surface area contributed by atoms with Crippen LogP contribution in [0, 0.1) is 0 Å². The first-order chi connectivity index (χ1) is 16.7. The van der Waals surface area contributed by atoms with Gasteiger partial charge in [0.15, 0.2) is 0 Å². The van der Waals surface area contributed by atoms with E-state index in [0.717, 1.165) is 37.7 Å². The monoisotopic (exact) mass is 458 g/mol. The van der Waals surface area contributed by atoms with E-state index in [1.54, 1.807) is 12.4 Å². The van der Waals surface area contributed by atoms with Gasteiger partial charge in [-0.15, -0.1) is 0 Å². The van der Waals surface area contributed by atoms with Crippen molar-refractivity contribution >= 4 is 10.8 Å². The maximum Gasteiger partial charge on any atom is 0.120 e. The largest absolute Gasteiger partial charge is 0.348 e. The van der Waals surface area contributed by atoms with Gasteiger partial charge in [-0.05, 0) is 73.3 Å². The van der Waals surface area contributed by atoms with Gasteiger partial charge in [0, 0.05) is 31.3 Å². The number of H-pyrrole nitrogens is 2. The zero-order valence-corrected chi connectivity index (χ0v) is 20.6. The lowest BCUT2D eigenvalue weighted by Crippen LogP contribution is -2.26. The maximum absolute atomic E-state index is 4.41. The van der Waals surface area contributed by atoms with Gasteiger partial charge < -0.3 is 14.9 Å². The van der Waals surface area contributed by atoms with Crippen LogP contribution in [0.1, 0.15) is 55.9 Å². The fourth-order valence-electron chi connectivity index (χ4n) is 4.69. The molecule has 2 heterocycles. The number of hydrogen-bond acceptors (Lipinski definition) is 4. The van der Waals surface area contributed by atoms with E-state index in [1.165, 1.54) is 60.8 Å². The Labute approximate surface area is 203 Å². The van der Waals surface area contributed by atoms with E-state index < -0.39 is 0 Å². The standard InChI is InChI=1S/C28H38N6/c1-3-15-33(16-4-2)17-5-6-23-7-9-26-19-24(8-10-25(26)18-23)20-34(21-27-29-11-12-30-27)22-28-31-13-14-32-28/h7-14,18-19H,3-6,15-17,20-22H2,1-2H3,(H,29,30)(H,31,32). The van der Waals surface area contributed by atoms with Gasteiger partial charge in [0.05, 0.1) is 13.1 Å². The number of fused-ring (bicyclic) bond motifs is 1. The number of hydrogen-bond donors (Lipinski definition) is 2. The minimum Gasteiger partial charge on any atom is -0.348 e. The van der Waals surface area contributed by atoms with Crippen LogP contribution in [-0.4, -0.2) is 49.4 Å². The smallest absolute Gasteiger partial charge is 0.120 e. The first-order valence-electron chi connectivity index (χ1n) is 12.7. The minimum absolute atomic E-state index is 0.748. The van der Waals surface area contributed by atoms with Gasteiger partial charge >= 0.3 is 0 Å². The number of aryl methyl sites for hydroxylation is 1. The summed E-state index contributed by atoms with van der Waals surface area (Å²) in [5.41, 5.74) is 2.73. The highest BCUT2D eigenvalue weighted by Crippen LogP contribution is 2.21. The lowest BCUT2D eigenvalue weighted by Gasteiger charge is -2.21. The summed E-state index contributed by atoms with van der Waals surface area (Å²) < 4.78 is 0. The van der Waals surface area contributed by atoms with Crippen molar-refractivity contribution in [2.24, 2.45) is 0 Å². The van der Waals surface area contributed by atoms with Gasteiger partial charge in [-0.2, -0.15) is 0 Å². The van der Waals surface area contributed by atoms with Crippen LogP contribution in [0.3, 0.4) is 0 Å². The number of benzene rings is 2. The second-order valence-electron chi connectivity index (χ2n) is 9.18. The summed E-state index contributed by atoms with van der Waals surface area (Å²) in [5.74, 6) is 1.93. The lowest BCUT2D eigenvalue weighted by atomic mass is 10.0. The van der Waals surface area contributed by atoms with Crippen molar-refractivity contribution in [2.75, 3.05) is 19.6 Å². The second kappa shape index (κ2) is 12.5. The zero-order chi connectivity index (χ0) is 23.6. The van der Waals surface area contributed by atoms with Crippen LogP contribution in [0.4, 0.5) is 0 Å². The van der Waals surface area contributed by atoms with Crippen LogP contribution < -0.4 is 0 Å². The normalized spacial score (nSPS) is 11.8. The molecule has 4 rings (SSSR count). The molecular formula is C28H38N6. The molecule has 6 nitrogen and oxygen atoms in total. The Morgan fingerprint density at radius 2 is 1.26 bits per heavy atom. The number of nitrogens with one attached hydrogen (secondary N) is 2. The quantitative estimate of drug-likeness (QED) is 0.260. The van der Waals surface area contributed by atoms with E-state index in [-0.39, 0.29) is 0 Å². The van der Waals surface area contributed by atoms with Gasteiger partial charge in [-0.25, -0.2) is 9.97 Å². The van der Waals surface area contributed by atoms with Gasteiger partial charge in [0.25, 0.3) is 0 Å². The molecule has 0 spiro atoms. The average molecular weight is 459 g/mol. The highest BCUT2D eigenvalue weighted by Gasteiger charge is 2.12. The number of nitrogens with zero attached hydrogens (tertiary/aromatic N) is 4. The topological polar surface area (TPSA) is 63.8 Å². The van der Waals surface area contributed by atoms with E-state index in [9.17, 15) is 0 Å². The molecule has 6 heteroatoms. The molecule has 0 aliphatic carbocycles. The SMILES string of the molecule is CCCN(CCC)CCCc1ccc2cc(CN(Cc3ncc[nH]3)Cc3ncc[nH]3)ccc2c1. The number of imidazole rings is 2. The van der Waals surface area contributed by atoms with Crippen LogP contribution in [0.15, 0.2) is 61.2 Å². The summed E-state index contributed by atoms with van der Waals surface area (Å²) in [6.07, 6.45) is 12.2. The molecule has 0 aliphatic heterocycles. The molecule has 0 unspecified atom stereocenters. The Morgan fingerprint density at radius 3 is 1.82 bits per heavy atom. The maximum atomic E-state index is 4.41. The van der Waals surface area contributed by atoms with Crippen LogP contribution in [0.5, 0.6) is 0 Å². The Bertz CT molecular complexity index is 1060. The van der Waals surface area contributed by atoms with Crippen molar-refractivity contribution in [1.29, 1.82) is 0 Å². The molecule has 0 bridgehead atoms. The Balaban J connectivity index is 1.39. The van der Waals surface area contributed by atoms with E-state index in [4.69, 9.17) is 0 Å².